The van der Waals surface area contributed by atoms with Gasteiger partial charge in [-0.3, -0.25) is 9.78 Å². The number of nitrogens with zero attached hydrogens (tertiary/aromatic N) is 2. The van der Waals surface area contributed by atoms with Crippen LogP contribution in [0, 0.1) is 5.92 Å². The van der Waals surface area contributed by atoms with E-state index in [1.165, 1.54) is 26.1 Å². The molecule has 0 radical (unpaired) electrons. The van der Waals surface area contributed by atoms with Gasteiger partial charge in [0.2, 0.25) is 0 Å². The highest BCUT2D eigenvalue weighted by Gasteiger charge is 2.29. The summed E-state index contributed by atoms with van der Waals surface area (Å²) in [5.74, 6) is 1.51. The summed E-state index contributed by atoms with van der Waals surface area (Å²) in [7, 11) is 1.51. The zero-order valence-corrected chi connectivity index (χ0v) is 14.9. The van der Waals surface area contributed by atoms with Crippen molar-refractivity contribution >= 4 is 17.9 Å². The normalized spacial score (nSPS) is 20.1. The van der Waals surface area contributed by atoms with Crippen molar-refractivity contribution in [1.82, 2.24) is 9.97 Å². The molecule has 2 heterocycles. The average molecular weight is 361 g/mol. The molecule has 0 N–H and O–H groups in total. The van der Waals surface area contributed by atoms with Gasteiger partial charge < -0.3 is 9.47 Å². The molecule has 6 heteroatoms. The van der Waals surface area contributed by atoms with E-state index in [1.54, 1.807) is 12.4 Å². The Morgan fingerprint density at radius 3 is 2.84 bits per heavy atom. The number of aldehydes is 1. The first kappa shape index (κ1) is 17.7. The molecule has 0 spiro atoms. The van der Waals surface area contributed by atoms with Gasteiger partial charge >= 0.3 is 0 Å². The number of hydrogen-bond acceptors (Lipinski definition) is 5. The van der Waals surface area contributed by atoms with Crippen molar-refractivity contribution in [2.45, 2.75) is 31.6 Å². The number of ether oxygens (including phenoxy) is 2. The number of pyridine rings is 2. The summed E-state index contributed by atoms with van der Waals surface area (Å²) in [6.45, 7) is 0.506. The molecule has 1 fully saturated rings. The third-order valence-electron chi connectivity index (χ3n) is 4.80. The van der Waals surface area contributed by atoms with Gasteiger partial charge in [0.15, 0.2) is 17.8 Å². The van der Waals surface area contributed by atoms with Gasteiger partial charge in [-0.15, -0.1) is 0 Å². The molecule has 132 valence electrons. The van der Waals surface area contributed by atoms with E-state index >= 15 is 0 Å². The average Bonchev–Trinajstić information content (AvgIpc) is 2.66. The second-order valence-corrected chi connectivity index (χ2v) is 6.57. The van der Waals surface area contributed by atoms with Crippen LogP contribution >= 0.6 is 11.6 Å². The van der Waals surface area contributed by atoms with Crippen molar-refractivity contribution in [2.24, 2.45) is 5.92 Å². The number of rotatable bonds is 6. The van der Waals surface area contributed by atoms with Gasteiger partial charge in [0, 0.05) is 6.20 Å². The fourth-order valence-electron chi connectivity index (χ4n) is 3.52. The molecule has 3 rings (SSSR count). The standard InChI is InChI=1S/C19H21ClN2O3/c1-24-17-9-21-10-18(16(17)11-23)25-12-13-5-2-3-6-14(13)15-7-4-8-22-19(15)20/h4,7-11,13-14H,2-3,5-6,12H2,1H3. The van der Waals surface area contributed by atoms with Crippen molar-refractivity contribution in [1.29, 1.82) is 0 Å². The van der Waals surface area contributed by atoms with E-state index < -0.39 is 0 Å². The molecule has 1 aliphatic rings. The maximum atomic E-state index is 11.4. The van der Waals surface area contributed by atoms with E-state index in [2.05, 4.69) is 9.97 Å². The van der Waals surface area contributed by atoms with Crippen LogP contribution in [0.3, 0.4) is 0 Å². The van der Waals surface area contributed by atoms with E-state index in [1.807, 2.05) is 12.1 Å². The van der Waals surface area contributed by atoms with Crippen LogP contribution in [-0.4, -0.2) is 30.0 Å². The molecule has 2 aromatic rings. The number of carbonyl (C=O) groups is 1. The molecule has 0 aromatic carbocycles. The topological polar surface area (TPSA) is 61.3 Å². The third-order valence-corrected chi connectivity index (χ3v) is 5.12. The Hall–Kier alpha value is -2.14. The van der Waals surface area contributed by atoms with Crippen LogP contribution in [0.1, 0.15) is 47.5 Å². The molecule has 0 aliphatic heterocycles. The summed E-state index contributed by atoms with van der Waals surface area (Å²) < 4.78 is 11.1. The fourth-order valence-corrected chi connectivity index (χ4v) is 3.77. The summed E-state index contributed by atoms with van der Waals surface area (Å²) >= 11 is 6.30. The van der Waals surface area contributed by atoms with Crippen LogP contribution in [0.4, 0.5) is 0 Å². The van der Waals surface area contributed by atoms with Crippen molar-refractivity contribution < 1.29 is 14.3 Å². The van der Waals surface area contributed by atoms with Crippen molar-refractivity contribution in [2.75, 3.05) is 13.7 Å². The minimum Gasteiger partial charge on any atom is -0.494 e. The Morgan fingerprint density at radius 2 is 2.08 bits per heavy atom. The lowest BCUT2D eigenvalue weighted by Gasteiger charge is -2.32. The van der Waals surface area contributed by atoms with E-state index in [9.17, 15) is 4.79 Å². The molecule has 2 unspecified atom stereocenters. The third kappa shape index (κ3) is 3.93. The van der Waals surface area contributed by atoms with E-state index in [0.29, 0.717) is 40.7 Å². The number of halogens is 1. The van der Waals surface area contributed by atoms with E-state index in [4.69, 9.17) is 21.1 Å². The van der Waals surface area contributed by atoms with Crippen LogP contribution in [0.5, 0.6) is 11.5 Å². The molecule has 0 saturated heterocycles. The summed E-state index contributed by atoms with van der Waals surface area (Å²) in [5.41, 5.74) is 1.47. The summed E-state index contributed by atoms with van der Waals surface area (Å²) in [4.78, 5) is 19.7. The van der Waals surface area contributed by atoms with Gasteiger partial charge in [-0.25, -0.2) is 4.98 Å². The van der Waals surface area contributed by atoms with Crippen LogP contribution < -0.4 is 9.47 Å². The van der Waals surface area contributed by atoms with E-state index in [0.717, 1.165) is 24.7 Å². The maximum Gasteiger partial charge on any atom is 0.157 e. The predicted octanol–water partition coefficient (Wildman–Crippen LogP) is 4.30. The van der Waals surface area contributed by atoms with Crippen LogP contribution in [0.15, 0.2) is 30.7 Å². The summed E-state index contributed by atoms with van der Waals surface area (Å²) in [6, 6.07) is 3.96. The Morgan fingerprint density at radius 1 is 1.28 bits per heavy atom. The van der Waals surface area contributed by atoms with E-state index in [-0.39, 0.29) is 0 Å². The molecule has 2 aromatic heterocycles. The molecule has 5 nitrogen and oxygen atoms in total. The van der Waals surface area contributed by atoms with Gasteiger partial charge in [-0.05, 0) is 36.3 Å². The van der Waals surface area contributed by atoms with Gasteiger partial charge in [0.1, 0.15) is 10.7 Å². The smallest absolute Gasteiger partial charge is 0.157 e. The zero-order chi connectivity index (χ0) is 17.6. The molecule has 1 saturated carbocycles. The van der Waals surface area contributed by atoms with Crippen molar-refractivity contribution in [3.8, 4) is 11.5 Å². The molecular formula is C19H21ClN2O3. The highest BCUT2D eigenvalue weighted by Crippen LogP contribution is 2.40. The number of hydrogen-bond donors (Lipinski definition) is 0. The SMILES string of the molecule is COc1cncc(OCC2CCCCC2c2cccnc2Cl)c1C=O. The Bertz CT molecular complexity index is 738. The molecule has 2 atom stereocenters. The largest absolute Gasteiger partial charge is 0.494 e. The minimum absolute atomic E-state index is 0.313. The lowest BCUT2D eigenvalue weighted by atomic mass is 9.76. The second kappa shape index (κ2) is 8.30. The Balaban J connectivity index is 1.77. The molecule has 25 heavy (non-hydrogen) atoms. The second-order valence-electron chi connectivity index (χ2n) is 6.22. The Labute approximate surface area is 152 Å². The van der Waals surface area contributed by atoms with Crippen LogP contribution in [-0.2, 0) is 0 Å². The van der Waals surface area contributed by atoms with Gasteiger partial charge in [-0.2, -0.15) is 0 Å². The summed E-state index contributed by atoms with van der Waals surface area (Å²) in [5, 5.41) is 0.566. The highest BCUT2D eigenvalue weighted by molar-refractivity contribution is 6.30. The van der Waals surface area contributed by atoms with Crippen LogP contribution in [0.25, 0.3) is 0 Å². The molecular weight excluding hydrogens is 340 g/mol. The maximum absolute atomic E-state index is 11.4. The quantitative estimate of drug-likeness (QED) is 0.567. The molecule has 0 amide bonds. The fraction of sp³-hybridized carbons (Fsp3) is 0.421. The highest BCUT2D eigenvalue weighted by atomic mass is 35.5. The van der Waals surface area contributed by atoms with Gasteiger partial charge in [-0.1, -0.05) is 30.5 Å². The number of carbonyl (C=O) groups excluding carboxylic acids is 1. The Kier molecular flexibility index (Phi) is 5.87. The first-order chi connectivity index (χ1) is 12.2. The lowest BCUT2D eigenvalue weighted by Crippen LogP contribution is -2.24. The minimum atomic E-state index is 0.313. The van der Waals surface area contributed by atoms with Gasteiger partial charge in [0.25, 0.3) is 0 Å². The first-order valence-electron chi connectivity index (χ1n) is 8.45. The summed E-state index contributed by atoms with van der Waals surface area (Å²) in [6.07, 6.45) is 9.98. The zero-order valence-electron chi connectivity index (χ0n) is 14.2. The van der Waals surface area contributed by atoms with Crippen molar-refractivity contribution in [3.63, 3.8) is 0 Å². The van der Waals surface area contributed by atoms with Crippen LogP contribution in [0.2, 0.25) is 5.15 Å². The number of aromatic nitrogens is 2. The predicted molar refractivity (Wildman–Crippen MR) is 95.6 cm³/mol. The first-order valence-corrected chi connectivity index (χ1v) is 8.82. The van der Waals surface area contributed by atoms with Gasteiger partial charge in [0.05, 0.1) is 26.1 Å². The molecule has 1 aliphatic carbocycles. The monoisotopic (exact) mass is 360 g/mol. The molecule has 0 bridgehead atoms. The lowest BCUT2D eigenvalue weighted by molar-refractivity contribution is 0.111. The van der Waals surface area contributed by atoms with Crippen molar-refractivity contribution in [3.05, 3.63) is 47.0 Å². The number of methoxy groups -OCH3 is 1.